The number of rotatable bonds is 4. The zero-order chi connectivity index (χ0) is 13.8. The van der Waals surface area contributed by atoms with E-state index in [1.807, 2.05) is 31.3 Å². The van der Waals surface area contributed by atoms with Gasteiger partial charge in [-0.15, -0.1) is 0 Å². The fourth-order valence-electron chi connectivity index (χ4n) is 2.07. The molecule has 0 aliphatic heterocycles. The lowest BCUT2D eigenvalue weighted by Gasteiger charge is -2.19. The first-order chi connectivity index (χ1) is 9.17. The zero-order valence-corrected chi connectivity index (χ0v) is 12.9. The third-order valence-electron chi connectivity index (χ3n) is 3.02. The number of benzene rings is 2. The molecule has 0 saturated heterocycles. The Morgan fingerprint density at radius 3 is 2.42 bits per heavy atom. The van der Waals surface area contributed by atoms with Gasteiger partial charge < -0.3 is 10.1 Å². The first-order valence-electron chi connectivity index (χ1n) is 5.92. The highest BCUT2D eigenvalue weighted by Crippen LogP contribution is 2.29. The molecule has 0 fully saturated rings. The minimum Gasteiger partial charge on any atom is -0.494 e. The summed E-state index contributed by atoms with van der Waals surface area (Å²) in [6, 6.07) is 13.0. The van der Waals surface area contributed by atoms with Crippen molar-refractivity contribution < 1.29 is 9.13 Å². The van der Waals surface area contributed by atoms with Gasteiger partial charge in [0.25, 0.3) is 0 Å². The van der Waals surface area contributed by atoms with Gasteiger partial charge in [-0.05, 0) is 53.4 Å². The molecule has 0 aliphatic carbocycles. The SMILES string of the molecule is CNC(c1ccc(I)cc1)c1cccc(OC)c1F. The molecular weight excluding hydrogens is 356 g/mol. The van der Waals surface area contributed by atoms with Crippen molar-refractivity contribution in [1.29, 1.82) is 0 Å². The third kappa shape index (κ3) is 3.06. The number of hydrogen-bond acceptors (Lipinski definition) is 2. The van der Waals surface area contributed by atoms with E-state index in [-0.39, 0.29) is 17.6 Å². The van der Waals surface area contributed by atoms with Crippen molar-refractivity contribution in [3.63, 3.8) is 0 Å². The molecular formula is C15H15FINO. The fourth-order valence-corrected chi connectivity index (χ4v) is 2.42. The number of hydrogen-bond donors (Lipinski definition) is 1. The fraction of sp³-hybridized carbons (Fsp3) is 0.200. The van der Waals surface area contributed by atoms with Crippen LogP contribution >= 0.6 is 22.6 Å². The molecule has 2 aromatic carbocycles. The summed E-state index contributed by atoms with van der Waals surface area (Å²) in [5.74, 6) is -0.0499. The second-order valence-corrected chi connectivity index (χ2v) is 5.38. The molecule has 2 aromatic rings. The molecule has 19 heavy (non-hydrogen) atoms. The molecule has 1 unspecified atom stereocenters. The van der Waals surface area contributed by atoms with E-state index < -0.39 is 0 Å². The molecule has 1 N–H and O–H groups in total. The maximum atomic E-state index is 14.3. The van der Waals surface area contributed by atoms with Crippen molar-refractivity contribution in [2.75, 3.05) is 14.2 Å². The smallest absolute Gasteiger partial charge is 0.170 e. The van der Waals surface area contributed by atoms with E-state index in [4.69, 9.17) is 4.74 Å². The Hall–Kier alpha value is -1.14. The number of nitrogens with one attached hydrogen (secondary N) is 1. The largest absolute Gasteiger partial charge is 0.494 e. The van der Waals surface area contributed by atoms with Crippen LogP contribution in [0.2, 0.25) is 0 Å². The van der Waals surface area contributed by atoms with Crippen LogP contribution in [0.4, 0.5) is 4.39 Å². The van der Waals surface area contributed by atoms with E-state index >= 15 is 0 Å². The predicted octanol–water partition coefficient (Wildman–Crippen LogP) is 3.75. The molecule has 0 spiro atoms. The first-order valence-corrected chi connectivity index (χ1v) is 7.00. The number of ether oxygens (including phenoxy) is 1. The van der Waals surface area contributed by atoms with Crippen LogP contribution in [0.25, 0.3) is 0 Å². The lowest BCUT2D eigenvalue weighted by Crippen LogP contribution is -2.19. The minimum atomic E-state index is -0.317. The highest BCUT2D eigenvalue weighted by Gasteiger charge is 2.18. The second kappa shape index (κ2) is 6.34. The van der Waals surface area contributed by atoms with E-state index in [9.17, 15) is 4.39 Å². The average Bonchev–Trinajstić information content (AvgIpc) is 2.43. The average molecular weight is 371 g/mol. The molecule has 1 atom stereocenters. The molecule has 0 heterocycles. The molecule has 4 heteroatoms. The van der Waals surface area contributed by atoms with Crippen molar-refractivity contribution in [3.8, 4) is 5.75 Å². The summed E-state index contributed by atoms with van der Waals surface area (Å²) in [5, 5.41) is 3.15. The van der Waals surface area contributed by atoms with E-state index in [2.05, 4.69) is 27.9 Å². The lowest BCUT2D eigenvalue weighted by molar-refractivity contribution is 0.382. The van der Waals surface area contributed by atoms with Crippen molar-refractivity contribution in [1.82, 2.24) is 5.32 Å². The molecule has 0 radical (unpaired) electrons. The van der Waals surface area contributed by atoms with Gasteiger partial charge in [-0.3, -0.25) is 0 Å². The van der Waals surface area contributed by atoms with E-state index in [1.54, 1.807) is 18.2 Å². The van der Waals surface area contributed by atoms with Gasteiger partial charge in [-0.2, -0.15) is 0 Å². The van der Waals surface area contributed by atoms with Crippen LogP contribution in [0.5, 0.6) is 5.75 Å². The van der Waals surface area contributed by atoms with Crippen LogP contribution in [0.3, 0.4) is 0 Å². The van der Waals surface area contributed by atoms with Crippen LogP contribution in [-0.4, -0.2) is 14.2 Å². The Bertz CT molecular complexity index is 557. The van der Waals surface area contributed by atoms with Gasteiger partial charge in [0.15, 0.2) is 11.6 Å². The summed E-state index contributed by atoms with van der Waals surface area (Å²) in [6.07, 6.45) is 0. The third-order valence-corrected chi connectivity index (χ3v) is 3.74. The summed E-state index contributed by atoms with van der Waals surface area (Å²) in [7, 11) is 3.29. The minimum absolute atomic E-state index is 0.188. The van der Waals surface area contributed by atoms with Gasteiger partial charge in [0.05, 0.1) is 13.2 Å². The summed E-state index contributed by atoms with van der Waals surface area (Å²) in [6.45, 7) is 0. The lowest BCUT2D eigenvalue weighted by atomic mass is 9.98. The summed E-state index contributed by atoms with van der Waals surface area (Å²) < 4.78 is 20.5. The predicted molar refractivity (Wildman–Crippen MR) is 83.0 cm³/mol. The van der Waals surface area contributed by atoms with E-state index in [0.717, 1.165) is 9.13 Å². The van der Waals surface area contributed by atoms with Crippen LogP contribution < -0.4 is 10.1 Å². The number of methoxy groups -OCH3 is 1. The van der Waals surface area contributed by atoms with Crippen molar-refractivity contribution in [2.45, 2.75) is 6.04 Å². The maximum absolute atomic E-state index is 14.3. The van der Waals surface area contributed by atoms with E-state index in [0.29, 0.717) is 5.56 Å². The summed E-state index contributed by atoms with van der Waals surface area (Å²) in [5.41, 5.74) is 1.61. The van der Waals surface area contributed by atoms with Crippen LogP contribution in [0.1, 0.15) is 17.2 Å². The van der Waals surface area contributed by atoms with Crippen LogP contribution in [0.15, 0.2) is 42.5 Å². The Labute approximate surface area is 126 Å². The van der Waals surface area contributed by atoms with Gasteiger partial charge in [0, 0.05) is 9.13 Å². The normalized spacial score (nSPS) is 12.2. The van der Waals surface area contributed by atoms with Crippen molar-refractivity contribution in [3.05, 3.63) is 63.0 Å². The molecule has 0 saturated carbocycles. The highest BCUT2D eigenvalue weighted by atomic mass is 127. The molecule has 0 bridgehead atoms. The van der Waals surface area contributed by atoms with E-state index in [1.165, 1.54) is 7.11 Å². The number of halogens is 2. The Kier molecular flexibility index (Phi) is 4.76. The Balaban J connectivity index is 2.45. The van der Waals surface area contributed by atoms with Crippen molar-refractivity contribution in [2.24, 2.45) is 0 Å². The molecule has 2 rings (SSSR count). The summed E-state index contributed by atoms with van der Waals surface area (Å²) >= 11 is 2.25. The molecule has 0 aliphatic rings. The van der Waals surface area contributed by atoms with Crippen LogP contribution in [0, 0.1) is 9.39 Å². The van der Waals surface area contributed by atoms with Gasteiger partial charge in [-0.1, -0.05) is 24.3 Å². The summed E-state index contributed by atoms with van der Waals surface area (Å²) in [4.78, 5) is 0. The van der Waals surface area contributed by atoms with Gasteiger partial charge in [0.2, 0.25) is 0 Å². The Morgan fingerprint density at radius 1 is 1.16 bits per heavy atom. The standard InChI is InChI=1S/C15H15FINO/c1-18-15(10-6-8-11(17)9-7-10)12-4-3-5-13(19-2)14(12)16/h3-9,15,18H,1-2H3. The maximum Gasteiger partial charge on any atom is 0.170 e. The van der Waals surface area contributed by atoms with Gasteiger partial charge >= 0.3 is 0 Å². The monoisotopic (exact) mass is 371 g/mol. The molecule has 100 valence electrons. The molecule has 0 amide bonds. The van der Waals surface area contributed by atoms with Crippen molar-refractivity contribution >= 4 is 22.6 Å². The zero-order valence-electron chi connectivity index (χ0n) is 10.8. The topological polar surface area (TPSA) is 21.3 Å². The second-order valence-electron chi connectivity index (χ2n) is 4.14. The molecule has 2 nitrogen and oxygen atoms in total. The first kappa shape index (κ1) is 14.3. The molecule has 0 aromatic heterocycles. The highest BCUT2D eigenvalue weighted by molar-refractivity contribution is 14.1. The van der Waals surface area contributed by atoms with Crippen LogP contribution in [-0.2, 0) is 0 Å². The van der Waals surface area contributed by atoms with Gasteiger partial charge in [-0.25, -0.2) is 4.39 Å². The van der Waals surface area contributed by atoms with Gasteiger partial charge in [0.1, 0.15) is 0 Å². The quantitative estimate of drug-likeness (QED) is 0.827. The Morgan fingerprint density at radius 2 is 1.84 bits per heavy atom.